The molecule has 2 aromatic carbocycles. The van der Waals surface area contributed by atoms with E-state index in [0.717, 1.165) is 24.2 Å². The van der Waals surface area contributed by atoms with Gasteiger partial charge >= 0.3 is 5.97 Å². The Bertz CT molecular complexity index is 1050. The molecule has 3 heterocycles. The van der Waals surface area contributed by atoms with Gasteiger partial charge in [-0.1, -0.05) is 24.3 Å². The first kappa shape index (κ1) is 20.8. The van der Waals surface area contributed by atoms with Gasteiger partial charge in [0.2, 0.25) is 0 Å². The van der Waals surface area contributed by atoms with E-state index in [4.69, 9.17) is 19.3 Å². The van der Waals surface area contributed by atoms with Crippen LogP contribution in [0.5, 0.6) is 11.5 Å². The summed E-state index contributed by atoms with van der Waals surface area (Å²) in [5.74, 6) is 0.220. The molecule has 5 rings (SSSR count). The van der Waals surface area contributed by atoms with Crippen LogP contribution in [0.1, 0.15) is 48.7 Å². The molecule has 2 fully saturated rings. The second-order valence-electron chi connectivity index (χ2n) is 9.25. The number of benzene rings is 2. The maximum atomic E-state index is 13.4. The molecule has 0 spiro atoms. The first-order chi connectivity index (χ1) is 15.3. The van der Waals surface area contributed by atoms with E-state index in [1.165, 1.54) is 0 Å². The molecule has 4 atom stereocenters. The maximum absolute atomic E-state index is 13.4. The minimum Gasteiger partial charge on any atom is -0.487 e. The smallest absolute Gasteiger partial charge is 0.341 e. The third kappa shape index (κ3) is 3.60. The number of rotatable bonds is 4. The summed E-state index contributed by atoms with van der Waals surface area (Å²) in [7, 11) is 0. The molecule has 0 saturated carbocycles. The van der Waals surface area contributed by atoms with E-state index in [0.29, 0.717) is 17.9 Å². The Kier molecular flexibility index (Phi) is 5.08. The zero-order valence-corrected chi connectivity index (χ0v) is 18.2. The number of hydrogen-bond acceptors (Lipinski definition) is 5. The summed E-state index contributed by atoms with van der Waals surface area (Å²) in [4.78, 5) is 26.1. The van der Waals surface area contributed by atoms with Crippen LogP contribution < -0.4 is 9.47 Å². The predicted molar refractivity (Wildman–Crippen MR) is 116 cm³/mol. The highest BCUT2D eigenvalue weighted by Gasteiger charge is 2.53. The Balaban J connectivity index is 1.37. The standard InChI is InChI=1S/C25H27NO6/c1-25(2)18-13-19-21(31-23(18)17-8-3-4-9-20(17)32-25)10-11-26(19)24(29)15-6-5-7-16(12-15)30-14-22(27)28/h3-9,12,18-19,21,23H,10-11,13-14H2,1-2H3,(H,27,28)/t18-,19+,21-,23+/m1/s1. The van der Waals surface area contributed by atoms with Crippen molar-refractivity contribution in [2.24, 2.45) is 5.92 Å². The SMILES string of the molecule is CC1(C)Oc2ccccc2[C@@H]2O[C@@H]3CCN(C(=O)c4cccc(OCC(=O)O)c4)[C@H]3C[C@H]21. The number of carboxylic acids is 1. The number of nitrogens with zero attached hydrogens (tertiary/aromatic N) is 1. The second kappa shape index (κ2) is 7.81. The van der Waals surface area contributed by atoms with E-state index in [1.807, 2.05) is 23.1 Å². The number of carbonyl (C=O) groups excluding carboxylic acids is 1. The molecule has 1 N–H and O–H groups in total. The largest absolute Gasteiger partial charge is 0.487 e. The van der Waals surface area contributed by atoms with Gasteiger partial charge in [-0.05, 0) is 51.0 Å². The number of hydrogen-bond donors (Lipinski definition) is 1. The Morgan fingerprint density at radius 3 is 2.81 bits per heavy atom. The number of amides is 1. The van der Waals surface area contributed by atoms with Gasteiger partial charge in [-0.15, -0.1) is 0 Å². The van der Waals surface area contributed by atoms with Crippen LogP contribution >= 0.6 is 0 Å². The lowest BCUT2D eigenvalue weighted by molar-refractivity contribution is -0.159. The van der Waals surface area contributed by atoms with Gasteiger partial charge in [0.05, 0.1) is 18.2 Å². The molecular weight excluding hydrogens is 410 g/mol. The minimum atomic E-state index is -1.06. The predicted octanol–water partition coefficient (Wildman–Crippen LogP) is 3.68. The number of carboxylic acid groups (broad SMARTS) is 1. The summed E-state index contributed by atoms with van der Waals surface area (Å²) in [6.45, 7) is 4.36. The van der Waals surface area contributed by atoms with Crippen LogP contribution in [0.25, 0.3) is 0 Å². The van der Waals surface area contributed by atoms with Gasteiger partial charge in [-0.25, -0.2) is 4.79 Å². The Morgan fingerprint density at radius 2 is 2.00 bits per heavy atom. The first-order valence-corrected chi connectivity index (χ1v) is 11.0. The normalized spacial score (nSPS) is 27.5. The Morgan fingerprint density at radius 1 is 1.19 bits per heavy atom. The summed E-state index contributed by atoms with van der Waals surface area (Å²) in [6, 6.07) is 14.7. The van der Waals surface area contributed by atoms with Gasteiger partial charge in [0, 0.05) is 23.6 Å². The molecule has 1 amide bonds. The second-order valence-corrected chi connectivity index (χ2v) is 9.25. The molecule has 0 bridgehead atoms. The molecule has 0 aromatic heterocycles. The van der Waals surface area contributed by atoms with E-state index >= 15 is 0 Å². The lowest BCUT2D eigenvalue weighted by Gasteiger charge is -2.50. The zero-order chi connectivity index (χ0) is 22.5. The highest BCUT2D eigenvalue weighted by molar-refractivity contribution is 5.95. The highest BCUT2D eigenvalue weighted by Crippen LogP contribution is 2.52. The number of para-hydroxylation sites is 1. The number of ether oxygens (including phenoxy) is 3. The minimum absolute atomic E-state index is 0.0198. The first-order valence-electron chi connectivity index (χ1n) is 11.0. The Labute approximate surface area is 186 Å². The quantitative estimate of drug-likeness (QED) is 0.785. The van der Waals surface area contributed by atoms with Gasteiger partial charge in [-0.2, -0.15) is 0 Å². The third-order valence-electron chi connectivity index (χ3n) is 6.86. The van der Waals surface area contributed by atoms with Gasteiger partial charge < -0.3 is 24.2 Å². The molecule has 7 heteroatoms. The molecule has 3 aliphatic rings. The van der Waals surface area contributed by atoms with E-state index in [-0.39, 0.29) is 30.1 Å². The topological polar surface area (TPSA) is 85.3 Å². The monoisotopic (exact) mass is 437 g/mol. The fraction of sp³-hybridized carbons (Fsp3) is 0.440. The molecule has 0 unspecified atom stereocenters. The van der Waals surface area contributed by atoms with E-state index in [2.05, 4.69) is 19.9 Å². The molecule has 32 heavy (non-hydrogen) atoms. The van der Waals surface area contributed by atoms with Crippen molar-refractivity contribution in [3.63, 3.8) is 0 Å². The summed E-state index contributed by atoms with van der Waals surface area (Å²) < 4.78 is 18.2. The summed E-state index contributed by atoms with van der Waals surface area (Å²) >= 11 is 0. The molecule has 7 nitrogen and oxygen atoms in total. The highest BCUT2D eigenvalue weighted by atomic mass is 16.5. The number of likely N-dealkylation sites (tertiary alicyclic amines) is 1. The Hall–Kier alpha value is -3.06. The average Bonchev–Trinajstić information content (AvgIpc) is 3.19. The lowest BCUT2D eigenvalue weighted by atomic mass is 9.74. The van der Waals surface area contributed by atoms with Crippen LogP contribution in [0.15, 0.2) is 48.5 Å². The van der Waals surface area contributed by atoms with Crippen molar-refractivity contribution in [1.29, 1.82) is 0 Å². The average molecular weight is 437 g/mol. The third-order valence-corrected chi connectivity index (χ3v) is 6.86. The number of aliphatic carboxylic acids is 1. The molecule has 168 valence electrons. The van der Waals surface area contributed by atoms with E-state index in [9.17, 15) is 9.59 Å². The maximum Gasteiger partial charge on any atom is 0.341 e. The van der Waals surface area contributed by atoms with Crippen LogP contribution in [-0.2, 0) is 9.53 Å². The van der Waals surface area contributed by atoms with Crippen molar-refractivity contribution in [3.8, 4) is 11.5 Å². The van der Waals surface area contributed by atoms with Crippen LogP contribution in [-0.4, -0.2) is 52.8 Å². The van der Waals surface area contributed by atoms with Crippen LogP contribution in [0.3, 0.4) is 0 Å². The van der Waals surface area contributed by atoms with Gasteiger partial charge in [-0.3, -0.25) is 4.79 Å². The van der Waals surface area contributed by atoms with Crippen molar-refractivity contribution in [2.75, 3.05) is 13.2 Å². The molecule has 2 saturated heterocycles. The van der Waals surface area contributed by atoms with Gasteiger partial charge in [0.1, 0.15) is 17.1 Å². The van der Waals surface area contributed by atoms with Crippen molar-refractivity contribution >= 4 is 11.9 Å². The molecule has 3 aliphatic heterocycles. The van der Waals surface area contributed by atoms with Crippen molar-refractivity contribution in [1.82, 2.24) is 4.90 Å². The molecule has 2 aromatic rings. The van der Waals surface area contributed by atoms with Gasteiger partial charge in [0.15, 0.2) is 6.61 Å². The van der Waals surface area contributed by atoms with E-state index in [1.54, 1.807) is 24.3 Å². The van der Waals surface area contributed by atoms with Crippen molar-refractivity contribution in [2.45, 2.75) is 50.5 Å². The molecule has 0 aliphatic carbocycles. The number of carbonyl (C=O) groups is 2. The van der Waals surface area contributed by atoms with Crippen LogP contribution in [0, 0.1) is 5.92 Å². The van der Waals surface area contributed by atoms with Crippen molar-refractivity contribution < 1.29 is 28.9 Å². The fourth-order valence-corrected chi connectivity index (χ4v) is 5.32. The lowest BCUT2D eigenvalue weighted by Crippen LogP contribution is -2.54. The van der Waals surface area contributed by atoms with Gasteiger partial charge in [0.25, 0.3) is 5.91 Å². The molecular formula is C25H27NO6. The van der Waals surface area contributed by atoms with Crippen LogP contribution in [0.2, 0.25) is 0 Å². The molecule has 0 radical (unpaired) electrons. The van der Waals surface area contributed by atoms with Crippen molar-refractivity contribution in [3.05, 3.63) is 59.7 Å². The van der Waals surface area contributed by atoms with Crippen LogP contribution in [0.4, 0.5) is 0 Å². The zero-order valence-electron chi connectivity index (χ0n) is 18.2. The summed E-state index contributed by atoms with van der Waals surface area (Å²) in [5, 5.41) is 8.83. The number of fused-ring (bicyclic) bond motifs is 4. The summed E-state index contributed by atoms with van der Waals surface area (Å²) in [6.07, 6.45) is 1.53. The van der Waals surface area contributed by atoms with E-state index < -0.39 is 18.2 Å². The summed E-state index contributed by atoms with van der Waals surface area (Å²) in [5.41, 5.74) is 1.16. The fourth-order valence-electron chi connectivity index (χ4n) is 5.32.